The van der Waals surface area contributed by atoms with Crippen LogP contribution in [-0.2, 0) is 42.9 Å². The van der Waals surface area contributed by atoms with Crippen LogP contribution in [0.3, 0.4) is 0 Å². The maximum Gasteiger partial charge on any atom is 0.332 e. The number of aromatic nitrogens is 2. The van der Waals surface area contributed by atoms with E-state index in [0.29, 0.717) is 4.57 Å². The number of halogens is 1. The lowest BCUT2D eigenvalue weighted by atomic mass is 9.97. The van der Waals surface area contributed by atoms with Gasteiger partial charge >= 0.3 is 29.6 Å². The van der Waals surface area contributed by atoms with Gasteiger partial charge in [0.25, 0.3) is 5.56 Å². The molecule has 1 aliphatic heterocycles. The molecule has 182 valence electrons. The van der Waals surface area contributed by atoms with Crippen molar-refractivity contribution in [2.75, 3.05) is 6.61 Å². The average Bonchev–Trinajstić information content (AvgIpc) is 2.68. The van der Waals surface area contributed by atoms with Crippen molar-refractivity contribution in [2.45, 2.75) is 65.3 Å². The number of hydrogen-bond donors (Lipinski definition) is 1. The van der Waals surface area contributed by atoms with Crippen LogP contribution in [0.1, 0.15) is 39.5 Å². The average molecular weight is 474 g/mol. The van der Waals surface area contributed by atoms with Crippen LogP contribution in [0.5, 0.6) is 0 Å². The molecule has 0 radical (unpaired) electrons. The molecule has 14 heteroatoms. The van der Waals surface area contributed by atoms with Gasteiger partial charge in [0.2, 0.25) is 5.95 Å². The van der Waals surface area contributed by atoms with Gasteiger partial charge in [0.15, 0.2) is 24.5 Å². The van der Waals surface area contributed by atoms with Gasteiger partial charge in [-0.1, -0.05) is 0 Å². The van der Waals surface area contributed by atoms with Crippen molar-refractivity contribution < 1.29 is 47.3 Å². The summed E-state index contributed by atoms with van der Waals surface area (Å²) in [4.78, 5) is 72.8. The highest BCUT2D eigenvalue weighted by Crippen LogP contribution is 2.34. The van der Waals surface area contributed by atoms with Gasteiger partial charge in [0.05, 0.1) is 5.56 Å². The third-order valence-corrected chi connectivity index (χ3v) is 4.52. The highest BCUT2D eigenvalue weighted by molar-refractivity contribution is 5.68. The van der Waals surface area contributed by atoms with Gasteiger partial charge in [-0.05, 0) is 6.92 Å². The van der Waals surface area contributed by atoms with E-state index in [4.69, 9.17) is 23.7 Å². The topological polar surface area (TPSA) is 169 Å². The largest absolute Gasteiger partial charge is 0.463 e. The summed E-state index contributed by atoms with van der Waals surface area (Å²) in [5.74, 6) is -4.74. The summed E-state index contributed by atoms with van der Waals surface area (Å²) in [7, 11) is 0. The number of carbonyl (C=O) groups excluding carboxylic acids is 4. The number of aromatic amines is 1. The normalized spacial score (nSPS) is 24.5. The Labute approximate surface area is 185 Å². The summed E-state index contributed by atoms with van der Waals surface area (Å²) in [5, 5.41) is 0. The highest BCUT2D eigenvalue weighted by atomic mass is 19.1. The maximum absolute atomic E-state index is 15.0. The summed E-state index contributed by atoms with van der Waals surface area (Å²) in [6, 6.07) is 0. The lowest BCUT2D eigenvalue weighted by molar-refractivity contribution is -0.270. The monoisotopic (exact) mass is 474 g/mol. The second kappa shape index (κ2) is 10.4. The van der Waals surface area contributed by atoms with Gasteiger partial charge in [-0.2, -0.15) is 4.39 Å². The second-order valence-corrected chi connectivity index (χ2v) is 7.13. The molecule has 2 rings (SSSR count). The van der Waals surface area contributed by atoms with Crippen molar-refractivity contribution in [3.63, 3.8) is 0 Å². The zero-order valence-corrected chi connectivity index (χ0v) is 18.4. The first-order valence-corrected chi connectivity index (χ1v) is 9.64. The molecule has 1 aliphatic rings. The van der Waals surface area contributed by atoms with E-state index < -0.39 is 83.9 Å². The Balaban J connectivity index is 2.72. The Bertz CT molecular complexity index is 1060. The fraction of sp³-hybridized carbons (Fsp3) is 0.579. The van der Waals surface area contributed by atoms with Crippen LogP contribution in [0.15, 0.2) is 9.59 Å². The van der Waals surface area contributed by atoms with E-state index >= 15 is 4.39 Å². The molecule has 2 heterocycles. The summed E-state index contributed by atoms with van der Waals surface area (Å²) in [5.41, 5.74) is -2.74. The fourth-order valence-electron chi connectivity index (χ4n) is 3.26. The van der Waals surface area contributed by atoms with Gasteiger partial charge in [0.1, 0.15) is 12.7 Å². The molecule has 0 spiro atoms. The molecule has 0 amide bonds. The van der Waals surface area contributed by atoms with Gasteiger partial charge in [-0.25, -0.2) is 9.36 Å². The number of hydrogen-bond acceptors (Lipinski definition) is 11. The molecule has 5 atom stereocenters. The Morgan fingerprint density at radius 2 is 1.42 bits per heavy atom. The molecule has 13 nitrogen and oxygen atoms in total. The number of rotatable bonds is 6. The Hall–Kier alpha value is -3.55. The molecule has 1 fully saturated rings. The number of nitrogens with one attached hydrogen (secondary N) is 1. The van der Waals surface area contributed by atoms with Gasteiger partial charge in [-0.15, -0.1) is 0 Å². The number of ether oxygens (including phenoxy) is 5. The van der Waals surface area contributed by atoms with Crippen molar-refractivity contribution in [2.24, 2.45) is 0 Å². The molecular weight excluding hydrogens is 451 g/mol. The molecule has 0 aromatic carbocycles. The summed E-state index contributed by atoms with van der Waals surface area (Å²) >= 11 is 0. The first kappa shape index (κ1) is 25.7. The number of esters is 4. The van der Waals surface area contributed by atoms with Crippen LogP contribution in [-0.4, -0.2) is 64.5 Å². The summed E-state index contributed by atoms with van der Waals surface area (Å²) in [6.07, 6.45) is -7.99. The third kappa shape index (κ3) is 6.03. The third-order valence-electron chi connectivity index (χ3n) is 4.52. The van der Waals surface area contributed by atoms with Crippen LogP contribution in [0.4, 0.5) is 4.39 Å². The summed E-state index contributed by atoms with van der Waals surface area (Å²) in [6.45, 7) is 4.66. The first-order chi connectivity index (χ1) is 15.3. The zero-order valence-electron chi connectivity index (χ0n) is 18.4. The first-order valence-electron chi connectivity index (χ1n) is 9.64. The molecule has 1 aromatic heterocycles. The molecule has 0 saturated carbocycles. The van der Waals surface area contributed by atoms with E-state index in [9.17, 15) is 28.8 Å². The van der Waals surface area contributed by atoms with Gasteiger partial charge in [0, 0.05) is 27.7 Å². The Kier molecular flexibility index (Phi) is 8.08. The van der Waals surface area contributed by atoms with E-state index in [1.165, 1.54) is 0 Å². The van der Waals surface area contributed by atoms with Crippen LogP contribution in [0.25, 0.3) is 0 Å². The van der Waals surface area contributed by atoms with Crippen molar-refractivity contribution in [3.05, 3.63) is 32.3 Å². The van der Waals surface area contributed by atoms with Crippen molar-refractivity contribution in [1.82, 2.24) is 9.55 Å². The summed E-state index contributed by atoms with van der Waals surface area (Å²) < 4.78 is 41.5. The van der Waals surface area contributed by atoms with Gasteiger partial charge in [-0.3, -0.25) is 29.0 Å². The number of H-pyrrole nitrogens is 1. The minimum absolute atomic E-state index is 0.353. The lowest BCUT2D eigenvalue weighted by Gasteiger charge is -2.44. The Morgan fingerprint density at radius 1 is 0.909 bits per heavy atom. The van der Waals surface area contributed by atoms with Crippen LogP contribution < -0.4 is 11.2 Å². The molecule has 0 unspecified atom stereocenters. The fourth-order valence-corrected chi connectivity index (χ4v) is 3.26. The Morgan fingerprint density at radius 3 is 1.94 bits per heavy atom. The molecular formula is C19H23FN2O11. The quantitative estimate of drug-likeness (QED) is 0.312. The van der Waals surface area contributed by atoms with E-state index in [1.54, 1.807) is 0 Å². The predicted molar refractivity (Wildman–Crippen MR) is 103 cm³/mol. The van der Waals surface area contributed by atoms with E-state index in [1.807, 2.05) is 4.98 Å². The number of nitrogens with zero attached hydrogens (tertiary/aromatic N) is 1. The number of carbonyl (C=O) groups is 4. The van der Waals surface area contributed by atoms with Crippen molar-refractivity contribution >= 4 is 23.9 Å². The van der Waals surface area contributed by atoms with Crippen LogP contribution in [0.2, 0.25) is 0 Å². The molecule has 33 heavy (non-hydrogen) atoms. The molecule has 1 saturated heterocycles. The van der Waals surface area contributed by atoms with Crippen molar-refractivity contribution in [1.29, 1.82) is 0 Å². The van der Waals surface area contributed by atoms with Crippen LogP contribution >= 0.6 is 0 Å². The van der Waals surface area contributed by atoms with Crippen LogP contribution in [0, 0.1) is 12.9 Å². The van der Waals surface area contributed by atoms with Gasteiger partial charge < -0.3 is 23.7 Å². The lowest BCUT2D eigenvalue weighted by Crippen LogP contribution is -2.62. The maximum atomic E-state index is 15.0. The molecule has 0 aliphatic carbocycles. The van der Waals surface area contributed by atoms with Crippen molar-refractivity contribution in [3.8, 4) is 0 Å². The second-order valence-electron chi connectivity index (χ2n) is 7.13. The SMILES string of the molecule is CC(=O)OC[C@@H]1O[C@@H](n2c(F)c(C)c(=O)[nH]c2=O)[C@H](OC(C)=O)[C@@H](OC(C)=O)[C@@H]1OC(C)=O. The molecule has 1 N–H and O–H groups in total. The predicted octanol–water partition coefficient (Wildman–Crippen LogP) is -0.760. The smallest absolute Gasteiger partial charge is 0.332 e. The molecule has 0 bridgehead atoms. The minimum atomic E-state index is -1.81. The zero-order chi connectivity index (χ0) is 25.0. The molecule has 1 aromatic rings. The standard InChI is InChI=1S/C19H23FN2O11/c1-7-16(20)22(19(28)21-17(7)27)18-15(32-11(5)26)14(31-10(4)25)13(30-9(3)24)12(33-18)6-29-8(2)23/h12-15,18H,6H2,1-5H3,(H,21,27,28)/t12-,13+,14-,15+,18+/m0/s1. The highest BCUT2D eigenvalue weighted by Gasteiger charge is 2.53. The van der Waals surface area contributed by atoms with E-state index in [2.05, 4.69) is 0 Å². The van der Waals surface area contributed by atoms with E-state index in [0.717, 1.165) is 34.6 Å². The minimum Gasteiger partial charge on any atom is -0.463 e. The van der Waals surface area contributed by atoms with E-state index in [-0.39, 0.29) is 0 Å².